The van der Waals surface area contributed by atoms with Crippen LogP contribution in [0.4, 0.5) is 8.78 Å². The van der Waals surface area contributed by atoms with Crippen molar-refractivity contribution in [3.05, 3.63) is 98.2 Å². The van der Waals surface area contributed by atoms with Crippen LogP contribution >= 0.6 is 23.2 Å². The summed E-state index contributed by atoms with van der Waals surface area (Å²) in [6.45, 7) is 4.46. The largest absolute Gasteiger partial charge is 0.490 e. The highest BCUT2D eigenvalue weighted by atomic mass is 35.5. The molecule has 1 heterocycles. The van der Waals surface area contributed by atoms with Gasteiger partial charge in [0.25, 0.3) is 0 Å². The first-order valence-electron chi connectivity index (χ1n) is 10.6. The molecule has 0 N–H and O–H groups in total. The lowest BCUT2D eigenvalue weighted by atomic mass is 10.1. The first-order chi connectivity index (χ1) is 16.7. The van der Waals surface area contributed by atoms with Gasteiger partial charge in [0.1, 0.15) is 6.61 Å². The molecule has 1 aliphatic rings. The fourth-order valence-electron chi connectivity index (χ4n) is 3.28. The van der Waals surface area contributed by atoms with Crippen LogP contribution in [0.1, 0.15) is 29.2 Å². The van der Waals surface area contributed by atoms with Gasteiger partial charge < -0.3 is 14.2 Å². The molecule has 3 aromatic rings. The third-order valence-corrected chi connectivity index (χ3v) is 5.59. The van der Waals surface area contributed by atoms with Crippen molar-refractivity contribution < 1.29 is 27.8 Å². The van der Waals surface area contributed by atoms with Crippen LogP contribution in [0.3, 0.4) is 0 Å². The van der Waals surface area contributed by atoms with Crippen LogP contribution in [0.2, 0.25) is 10.0 Å². The Kier molecular flexibility index (Phi) is 7.38. The van der Waals surface area contributed by atoms with Gasteiger partial charge in [-0.1, -0.05) is 53.0 Å². The van der Waals surface area contributed by atoms with Crippen LogP contribution in [-0.4, -0.2) is 18.5 Å². The molecule has 0 saturated carbocycles. The number of aliphatic imine (C=N–C) groups is 1. The van der Waals surface area contributed by atoms with E-state index in [1.165, 1.54) is 6.08 Å². The maximum atomic E-state index is 13.7. The van der Waals surface area contributed by atoms with Crippen LogP contribution in [0, 0.1) is 18.6 Å². The summed E-state index contributed by atoms with van der Waals surface area (Å²) in [5, 5.41) is 0.127. The smallest absolute Gasteiger partial charge is 0.363 e. The number of carbonyl (C=O) groups excluding carboxylic acids is 1. The molecule has 0 atom stereocenters. The number of nitrogens with zero attached hydrogens (tertiary/aromatic N) is 1. The van der Waals surface area contributed by atoms with Gasteiger partial charge in [-0.25, -0.2) is 18.6 Å². The van der Waals surface area contributed by atoms with Crippen molar-refractivity contribution >= 4 is 41.1 Å². The summed E-state index contributed by atoms with van der Waals surface area (Å²) in [5.41, 5.74) is 2.48. The van der Waals surface area contributed by atoms with Gasteiger partial charge in [0.05, 0.1) is 22.2 Å². The molecule has 0 spiro atoms. The van der Waals surface area contributed by atoms with Crippen molar-refractivity contribution in [3.63, 3.8) is 0 Å². The van der Waals surface area contributed by atoms with E-state index in [0.717, 1.165) is 23.3 Å². The van der Waals surface area contributed by atoms with E-state index in [4.69, 9.17) is 37.4 Å². The van der Waals surface area contributed by atoms with Gasteiger partial charge in [-0.15, -0.1) is 0 Å². The Morgan fingerprint density at radius 3 is 2.43 bits per heavy atom. The average molecular weight is 518 g/mol. The lowest BCUT2D eigenvalue weighted by Gasteiger charge is -2.14. The van der Waals surface area contributed by atoms with Gasteiger partial charge in [0, 0.05) is 0 Å². The molecule has 180 valence electrons. The van der Waals surface area contributed by atoms with Gasteiger partial charge in [-0.2, -0.15) is 0 Å². The van der Waals surface area contributed by atoms with Crippen molar-refractivity contribution in [2.75, 3.05) is 6.61 Å². The third kappa shape index (κ3) is 5.63. The number of benzene rings is 3. The lowest BCUT2D eigenvalue weighted by Crippen LogP contribution is -2.07. The first kappa shape index (κ1) is 24.7. The molecule has 9 heteroatoms. The minimum Gasteiger partial charge on any atom is -0.490 e. The van der Waals surface area contributed by atoms with Crippen LogP contribution < -0.4 is 9.47 Å². The molecule has 3 aromatic carbocycles. The van der Waals surface area contributed by atoms with Crippen LogP contribution in [0.25, 0.3) is 6.08 Å². The van der Waals surface area contributed by atoms with Gasteiger partial charge in [-0.05, 0) is 55.3 Å². The number of hydrogen-bond acceptors (Lipinski definition) is 5. The summed E-state index contributed by atoms with van der Waals surface area (Å²) in [6, 6.07) is 12.7. The van der Waals surface area contributed by atoms with E-state index in [0.29, 0.717) is 23.7 Å². The molecule has 35 heavy (non-hydrogen) atoms. The Balaban J connectivity index is 1.63. The number of hydrogen-bond donors (Lipinski definition) is 0. The molecule has 0 aliphatic carbocycles. The van der Waals surface area contributed by atoms with E-state index in [9.17, 15) is 13.6 Å². The Morgan fingerprint density at radius 2 is 1.71 bits per heavy atom. The Morgan fingerprint density at radius 1 is 1.00 bits per heavy atom. The highest BCUT2D eigenvalue weighted by Gasteiger charge is 2.27. The maximum absolute atomic E-state index is 13.7. The zero-order valence-electron chi connectivity index (χ0n) is 18.7. The topological polar surface area (TPSA) is 57.1 Å². The molecule has 0 radical (unpaired) electrons. The fraction of sp³-hybridized carbons (Fsp3) is 0.154. The monoisotopic (exact) mass is 517 g/mol. The van der Waals surface area contributed by atoms with E-state index in [-0.39, 0.29) is 33.8 Å². The Hall–Kier alpha value is -3.42. The van der Waals surface area contributed by atoms with Crippen LogP contribution in [-0.2, 0) is 16.1 Å². The molecule has 0 fully saturated rings. The molecule has 0 aromatic heterocycles. The molecular formula is C26H19Cl2F2NO4. The summed E-state index contributed by atoms with van der Waals surface area (Å²) < 4.78 is 43.8. The standard InChI is InChI=1S/C26H19Cl2F2NO4/c1-3-33-23-10-16(8-19(28)24(23)34-13-15-6-4-14(2)5-7-15)9-22-26(32)35-25(31-22)17-11-20(29)21(30)12-18(17)27/h4-12H,3,13H2,1-2H3. The summed E-state index contributed by atoms with van der Waals surface area (Å²) in [5.74, 6) is -2.53. The predicted molar refractivity (Wildman–Crippen MR) is 130 cm³/mol. The molecule has 0 unspecified atom stereocenters. The summed E-state index contributed by atoms with van der Waals surface area (Å²) in [4.78, 5) is 16.5. The zero-order chi connectivity index (χ0) is 25.1. The normalized spacial score (nSPS) is 14.2. The second-order valence-electron chi connectivity index (χ2n) is 7.62. The second kappa shape index (κ2) is 10.5. The summed E-state index contributed by atoms with van der Waals surface area (Å²) in [7, 11) is 0. The Labute approximate surface area is 210 Å². The van der Waals surface area contributed by atoms with Gasteiger partial charge in [-0.3, -0.25) is 0 Å². The number of esters is 1. The second-order valence-corrected chi connectivity index (χ2v) is 8.43. The van der Waals surface area contributed by atoms with Crippen LogP contribution in [0.15, 0.2) is 59.2 Å². The molecular weight excluding hydrogens is 499 g/mol. The number of rotatable bonds is 7. The van der Waals surface area contributed by atoms with Crippen LogP contribution in [0.5, 0.6) is 11.5 Å². The minimum absolute atomic E-state index is 0.0461. The summed E-state index contributed by atoms with van der Waals surface area (Å²) >= 11 is 12.4. The van der Waals surface area contributed by atoms with E-state index < -0.39 is 17.6 Å². The third-order valence-electron chi connectivity index (χ3n) is 5.00. The highest BCUT2D eigenvalue weighted by Crippen LogP contribution is 2.38. The van der Waals surface area contributed by atoms with Crippen molar-refractivity contribution in [2.45, 2.75) is 20.5 Å². The molecule has 0 bridgehead atoms. The number of aryl methyl sites for hydroxylation is 1. The van der Waals surface area contributed by atoms with Crippen molar-refractivity contribution in [1.29, 1.82) is 0 Å². The Bertz CT molecular complexity index is 1350. The van der Waals surface area contributed by atoms with E-state index in [2.05, 4.69) is 4.99 Å². The molecule has 0 amide bonds. The molecule has 4 rings (SSSR count). The first-order valence-corrected chi connectivity index (χ1v) is 11.3. The average Bonchev–Trinajstić information content (AvgIpc) is 3.17. The lowest BCUT2D eigenvalue weighted by molar-refractivity contribution is -0.129. The van der Waals surface area contributed by atoms with Crippen molar-refractivity contribution in [1.82, 2.24) is 0 Å². The van der Waals surface area contributed by atoms with E-state index >= 15 is 0 Å². The minimum atomic E-state index is -1.14. The number of ether oxygens (including phenoxy) is 3. The molecule has 0 saturated heterocycles. The molecule has 1 aliphatic heterocycles. The maximum Gasteiger partial charge on any atom is 0.363 e. The van der Waals surface area contributed by atoms with E-state index in [1.807, 2.05) is 38.1 Å². The van der Waals surface area contributed by atoms with E-state index in [1.54, 1.807) is 12.1 Å². The van der Waals surface area contributed by atoms with Gasteiger partial charge in [0.15, 0.2) is 28.8 Å². The number of halogens is 4. The fourth-order valence-corrected chi connectivity index (χ4v) is 3.79. The SMILES string of the molecule is CCOc1cc(C=C2N=C(c3cc(F)c(F)cc3Cl)OC2=O)cc(Cl)c1OCc1ccc(C)cc1. The van der Waals surface area contributed by atoms with Crippen molar-refractivity contribution in [2.24, 2.45) is 4.99 Å². The predicted octanol–water partition coefficient (Wildman–Crippen LogP) is 6.90. The zero-order valence-corrected chi connectivity index (χ0v) is 20.2. The molecule has 5 nitrogen and oxygen atoms in total. The van der Waals surface area contributed by atoms with Crippen molar-refractivity contribution in [3.8, 4) is 11.5 Å². The number of cyclic esters (lactones) is 1. The highest BCUT2D eigenvalue weighted by molar-refractivity contribution is 6.34. The van der Waals surface area contributed by atoms with Gasteiger partial charge in [0.2, 0.25) is 5.90 Å². The summed E-state index contributed by atoms with van der Waals surface area (Å²) in [6.07, 6.45) is 1.43. The van der Waals surface area contributed by atoms with Gasteiger partial charge >= 0.3 is 5.97 Å². The quantitative estimate of drug-likeness (QED) is 0.194. The number of carbonyl (C=O) groups is 1.